The van der Waals surface area contributed by atoms with Gasteiger partial charge in [-0.05, 0) is 0 Å². The predicted molar refractivity (Wildman–Crippen MR) is 33.5 cm³/mol. The summed E-state index contributed by atoms with van der Waals surface area (Å²) in [6.07, 6.45) is -1.52. The molecule has 4 nitrogen and oxygen atoms in total. The van der Waals surface area contributed by atoms with Crippen molar-refractivity contribution in [1.29, 1.82) is 0 Å². The molecule has 0 aromatic rings. The van der Waals surface area contributed by atoms with Gasteiger partial charge in [0.15, 0.2) is 0 Å². The lowest BCUT2D eigenvalue weighted by Gasteiger charge is -2.29. The maximum Gasteiger partial charge on any atom is 0.103 e. The average Bonchev–Trinajstić information content (AvgIpc) is 1.95. The molecule has 0 saturated carbocycles. The Bertz CT molecular complexity index is 106. The second-order valence-electron chi connectivity index (χ2n) is 2.51. The van der Waals surface area contributed by atoms with Crippen molar-refractivity contribution < 1.29 is 20.1 Å². The topological polar surface area (TPSA) is 69.9 Å². The SMILES string of the molecule is OC[C@@H]1C[C@H](O)C(O)CO1. The molecule has 0 aromatic heterocycles. The maximum absolute atomic E-state index is 9.04. The number of aliphatic hydroxyl groups is 3. The molecule has 1 rings (SSSR count). The molecule has 10 heavy (non-hydrogen) atoms. The van der Waals surface area contributed by atoms with E-state index in [2.05, 4.69) is 0 Å². The molecule has 0 amide bonds. The second-order valence-corrected chi connectivity index (χ2v) is 2.51. The van der Waals surface area contributed by atoms with E-state index in [-0.39, 0.29) is 19.3 Å². The summed E-state index contributed by atoms with van der Waals surface area (Å²) in [6, 6.07) is 0. The molecule has 3 atom stereocenters. The molecular formula is C6H12O4. The van der Waals surface area contributed by atoms with Gasteiger partial charge in [-0.2, -0.15) is 0 Å². The summed E-state index contributed by atoms with van der Waals surface area (Å²) in [4.78, 5) is 0. The highest BCUT2D eigenvalue weighted by atomic mass is 16.5. The minimum Gasteiger partial charge on any atom is -0.394 e. The molecule has 0 spiro atoms. The fourth-order valence-electron chi connectivity index (χ4n) is 0.967. The number of aliphatic hydroxyl groups excluding tert-OH is 3. The van der Waals surface area contributed by atoms with Crippen molar-refractivity contribution >= 4 is 0 Å². The van der Waals surface area contributed by atoms with Crippen LogP contribution in [0.4, 0.5) is 0 Å². The maximum atomic E-state index is 9.04. The van der Waals surface area contributed by atoms with Crippen LogP contribution in [0.2, 0.25) is 0 Å². The summed E-state index contributed by atoms with van der Waals surface area (Å²) in [7, 11) is 0. The molecule has 0 aromatic carbocycles. The monoisotopic (exact) mass is 148 g/mol. The van der Waals surface area contributed by atoms with Gasteiger partial charge in [0.2, 0.25) is 0 Å². The van der Waals surface area contributed by atoms with E-state index >= 15 is 0 Å². The highest BCUT2D eigenvalue weighted by Crippen LogP contribution is 2.13. The zero-order chi connectivity index (χ0) is 7.56. The van der Waals surface area contributed by atoms with Crippen LogP contribution in [0.5, 0.6) is 0 Å². The first-order valence-electron chi connectivity index (χ1n) is 3.32. The van der Waals surface area contributed by atoms with E-state index in [9.17, 15) is 0 Å². The normalized spacial score (nSPS) is 41.7. The van der Waals surface area contributed by atoms with Crippen molar-refractivity contribution in [2.45, 2.75) is 24.7 Å². The van der Waals surface area contributed by atoms with E-state index in [4.69, 9.17) is 20.1 Å². The fourth-order valence-corrected chi connectivity index (χ4v) is 0.967. The van der Waals surface area contributed by atoms with Gasteiger partial charge in [0.05, 0.1) is 25.4 Å². The summed E-state index contributed by atoms with van der Waals surface area (Å²) < 4.78 is 4.95. The molecule has 1 unspecified atom stereocenters. The van der Waals surface area contributed by atoms with E-state index in [0.717, 1.165) is 0 Å². The lowest BCUT2D eigenvalue weighted by Crippen LogP contribution is -2.42. The van der Waals surface area contributed by atoms with Gasteiger partial charge in [-0.25, -0.2) is 0 Å². The Balaban J connectivity index is 2.33. The highest BCUT2D eigenvalue weighted by Gasteiger charge is 2.27. The lowest BCUT2D eigenvalue weighted by molar-refractivity contribution is -0.131. The number of hydrogen-bond donors (Lipinski definition) is 3. The van der Waals surface area contributed by atoms with Gasteiger partial charge in [-0.1, -0.05) is 0 Å². The quantitative estimate of drug-likeness (QED) is 0.423. The van der Waals surface area contributed by atoms with E-state index in [0.29, 0.717) is 6.42 Å². The summed E-state index contributed by atoms with van der Waals surface area (Å²) >= 11 is 0. The standard InChI is InChI=1S/C6H12O4/c7-2-4-1-5(8)6(9)3-10-4/h4-9H,1-3H2/t4-,5-,6?/m0/s1. The minimum atomic E-state index is -0.789. The fraction of sp³-hybridized carbons (Fsp3) is 1.00. The second kappa shape index (κ2) is 3.30. The summed E-state index contributed by atoms with van der Waals surface area (Å²) in [5.41, 5.74) is 0. The Kier molecular flexibility index (Phi) is 2.62. The zero-order valence-corrected chi connectivity index (χ0v) is 5.60. The Morgan fingerprint density at radius 3 is 2.50 bits per heavy atom. The van der Waals surface area contributed by atoms with Crippen molar-refractivity contribution in [3.63, 3.8) is 0 Å². The number of hydrogen-bond acceptors (Lipinski definition) is 4. The van der Waals surface area contributed by atoms with Gasteiger partial charge in [0.1, 0.15) is 6.10 Å². The Hall–Kier alpha value is -0.160. The van der Waals surface area contributed by atoms with E-state index in [1.807, 2.05) is 0 Å². The van der Waals surface area contributed by atoms with Crippen molar-refractivity contribution in [1.82, 2.24) is 0 Å². The summed E-state index contributed by atoms with van der Waals surface area (Å²) in [5.74, 6) is 0. The molecule has 0 aliphatic carbocycles. The first-order chi connectivity index (χ1) is 4.74. The third-order valence-electron chi connectivity index (χ3n) is 1.65. The highest BCUT2D eigenvalue weighted by molar-refractivity contribution is 4.76. The van der Waals surface area contributed by atoms with Crippen LogP contribution in [0.3, 0.4) is 0 Å². The van der Waals surface area contributed by atoms with Gasteiger partial charge >= 0.3 is 0 Å². The van der Waals surface area contributed by atoms with E-state index in [1.165, 1.54) is 0 Å². The molecule has 4 heteroatoms. The molecule has 1 saturated heterocycles. The van der Waals surface area contributed by atoms with Crippen LogP contribution < -0.4 is 0 Å². The van der Waals surface area contributed by atoms with Crippen molar-refractivity contribution in [3.8, 4) is 0 Å². The van der Waals surface area contributed by atoms with Crippen LogP contribution in [0.25, 0.3) is 0 Å². The molecule has 3 N–H and O–H groups in total. The van der Waals surface area contributed by atoms with Crippen LogP contribution in [-0.2, 0) is 4.74 Å². The van der Waals surface area contributed by atoms with E-state index < -0.39 is 12.2 Å². The minimum absolute atomic E-state index is 0.0935. The zero-order valence-electron chi connectivity index (χ0n) is 5.60. The van der Waals surface area contributed by atoms with E-state index in [1.54, 1.807) is 0 Å². The first kappa shape index (κ1) is 7.94. The lowest BCUT2D eigenvalue weighted by atomic mass is 10.0. The summed E-state index contributed by atoms with van der Waals surface area (Å²) in [6.45, 7) is 0.0240. The molecular weight excluding hydrogens is 136 g/mol. The van der Waals surface area contributed by atoms with Crippen LogP contribution >= 0.6 is 0 Å². The molecule has 60 valence electrons. The third-order valence-corrected chi connectivity index (χ3v) is 1.65. The van der Waals surface area contributed by atoms with Gasteiger partial charge in [-0.15, -0.1) is 0 Å². The molecule has 1 aliphatic rings. The first-order valence-corrected chi connectivity index (χ1v) is 3.32. The van der Waals surface area contributed by atoms with Crippen LogP contribution in [-0.4, -0.2) is 46.8 Å². The summed E-state index contributed by atoms with van der Waals surface area (Å²) in [5, 5.41) is 26.5. The van der Waals surface area contributed by atoms with Gasteiger partial charge in [0, 0.05) is 6.42 Å². The van der Waals surface area contributed by atoms with Gasteiger partial charge < -0.3 is 20.1 Å². The smallest absolute Gasteiger partial charge is 0.103 e. The third kappa shape index (κ3) is 1.67. The van der Waals surface area contributed by atoms with Crippen molar-refractivity contribution in [2.24, 2.45) is 0 Å². The number of ether oxygens (including phenoxy) is 1. The van der Waals surface area contributed by atoms with Crippen molar-refractivity contribution in [3.05, 3.63) is 0 Å². The number of rotatable bonds is 1. The van der Waals surface area contributed by atoms with Crippen molar-refractivity contribution in [2.75, 3.05) is 13.2 Å². The van der Waals surface area contributed by atoms with Crippen LogP contribution in [0, 0.1) is 0 Å². The Labute approximate surface area is 59.1 Å². The molecule has 0 radical (unpaired) electrons. The predicted octanol–water partition coefficient (Wildman–Crippen LogP) is -1.51. The molecule has 1 aliphatic heterocycles. The van der Waals surface area contributed by atoms with Crippen LogP contribution in [0.1, 0.15) is 6.42 Å². The van der Waals surface area contributed by atoms with Crippen LogP contribution in [0.15, 0.2) is 0 Å². The molecule has 1 fully saturated rings. The van der Waals surface area contributed by atoms with Gasteiger partial charge in [-0.3, -0.25) is 0 Å². The Morgan fingerprint density at radius 1 is 1.30 bits per heavy atom. The average molecular weight is 148 g/mol. The Morgan fingerprint density at radius 2 is 2.00 bits per heavy atom. The molecule has 1 heterocycles. The van der Waals surface area contributed by atoms with Gasteiger partial charge in [0.25, 0.3) is 0 Å². The molecule has 0 bridgehead atoms. The largest absolute Gasteiger partial charge is 0.394 e.